The van der Waals surface area contributed by atoms with E-state index in [0.29, 0.717) is 25.6 Å². The van der Waals surface area contributed by atoms with Crippen LogP contribution in [0.2, 0.25) is 0 Å². The molecule has 1 saturated heterocycles. The summed E-state index contributed by atoms with van der Waals surface area (Å²) in [5, 5.41) is 14.5. The van der Waals surface area contributed by atoms with Gasteiger partial charge >= 0.3 is 0 Å². The van der Waals surface area contributed by atoms with Crippen LogP contribution in [0.15, 0.2) is 30.3 Å². The Morgan fingerprint density at radius 2 is 2.14 bits per heavy atom. The third kappa shape index (κ3) is 2.85. The zero-order valence-corrected chi connectivity index (χ0v) is 12.7. The molecule has 116 valence electrons. The lowest BCUT2D eigenvalue weighted by Crippen LogP contribution is -2.49. The van der Waals surface area contributed by atoms with Crippen LogP contribution in [-0.2, 0) is 9.53 Å². The van der Waals surface area contributed by atoms with Crippen molar-refractivity contribution in [1.82, 2.24) is 25.5 Å². The van der Waals surface area contributed by atoms with E-state index < -0.39 is 6.04 Å². The lowest BCUT2D eigenvalue weighted by molar-refractivity contribution is -0.129. The molecule has 3 rings (SSSR count). The molecule has 1 amide bonds. The number of aromatic nitrogens is 4. The van der Waals surface area contributed by atoms with Crippen LogP contribution in [0.25, 0.3) is 0 Å². The number of hydrogen-bond donors (Lipinski definition) is 1. The van der Waals surface area contributed by atoms with E-state index in [2.05, 4.69) is 27.8 Å². The minimum atomic E-state index is -0.569. The van der Waals surface area contributed by atoms with Crippen molar-refractivity contribution in [2.75, 3.05) is 19.8 Å². The van der Waals surface area contributed by atoms with Gasteiger partial charge in [0.15, 0.2) is 6.04 Å². The first-order valence-corrected chi connectivity index (χ1v) is 7.24. The Kier molecular flexibility index (Phi) is 3.89. The number of carbonyl (C=O) groups excluding carboxylic acids is 1. The summed E-state index contributed by atoms with van der Waals surface area (Å²) in [4.78, 5) is 12.7. The molecule has 0 unspecified atom stereocenters. The van der Waals surface area contributed by atoms with E-state index in [1.165, 1.54) is 0 Å². The first-order chi connectivity index (χ1) is 10.6. The summed E-state index contributed by atoms with van der Waals surface area (Å²) in [6.07, 6.45) is 0. The van der Waals surface area contributed by atoms with Crippen LogP contribution in [0.4, 0.5) is 0 Å². The molecule has 2 heterocycles. The molecule has 0 aliphatic carbocycles. The SMILES string of the molecule is Cc1nnnn1[C@H](C(=O)NCC1(C)COC1)c1ccccc1. The average Bonchev–Trinajstić information content (AvgIpc) is 2.91. The Morgan fingerprint density at radius 3 is 2.68 bits per heavy atom. The van der Waals surface area contributed by atoms with E-state index in [-0.39, 0.29) is 11.3 Å². The second kappa shape index (κ2) is 5.84. The molecule has 1 N–H and O–H groups in total. The van der Waals surface area contributed by atoms with Crippen molar-refractivity contribution >= 4 is 5.91 Å². The predicted octanol–water partition coefficient (Wildman–Crippen LogP) is 0.724. The number of carbonyl (C=O) groups is 1. The van der Waals surface area contributed by atoms with Crippen LogP contribution in [0.3, 0.4) is 0 Å². The minimum Gasteiger partial charge on any atom is -0.380 e. The van der Waals surface area contributed by atoms with Crippen molar-refractivity contribution in [2.24, 2.45) is 5.41 Å². The zero-order valence-electron chi connectivity index (χ0n) is 12.7. The van der Waals surface area contributed by atoms with E-state index in [9.17, 15) is 4.79 Å². The quantitative estimate of drug-likeness (QED) is 0.880. The molecule has 22 heavy (non-hydrogen) atoms. The van der Waals surface area contributed by atoms with E-state index in [4.69, 9.17) is 4.74 Å². The average molecular weight is 301 g/mol. The van der Waals surface area contributed by atoms with Gasteiger partial charge in [0.1, 0.15) is 5.82 Å². The van der Waals surface area contributed by atoms with E-state index in [1.807, 2.05) is 30.3 Å². The Bertz CT molecular complexity index is 651. The third-order valence-electron chi connectivity index (χ3n) is 3.86. The molecule has 2 aromatic rings. The number of amides is 1. The molecule has 1 fully saturated rings. The van der Waals surface area contributed by atoms with Crippen LogP contribution in [0, 0.1) is 12.3 Å². The van der Waals surface area contributed by atoms with E-state index >= 15 is 0 Å². The van der Waals surface area contributed by atoms with Gasteiger partial charge in [-0.3, -0.25) is 4.79 Å². The number of rotatable bonds is 5. The summed E-state index contributed by atoms with van der Waals surface area (Å²) in [6.45, 7) is 5.80. The smallest absolute Gasteiger partial charge is 0.249 e. The van der Waals surface area contributed by atoms with Gasteiger partial charge in [0.25, 0.3) is 0 Å². The highest BCUT2D eigenvalue weighted by Crippen LogP contribution is 2.26. The highest BCUT2D eigenvalue weighted by molar-refractivity contribution is 5.83. The number of nitrogens with one attached hydrogen (secondary N) is 1. The van der Waals surface area contributed by atoms with Crippen molar-refractivity contribution in [3.8, 4) is 0 Å². The molecule has 1 aromatic carbocycles. The maximum absolute atomic E-state index is 12.7. The van der Waals surface area contributed by atoms with Crippen molar-refractivity contribution in [3.63, 3.8) is 0 Å². The molecule has 0 radical (unpaired) electrons. The number of tetrazole rings is 1. The fourth-order valence-electron chi connectivity index (χ4n) is 2.47. The van der Waals surface area contributed by atoms with Crippen LogP contribution in [0.5, 0.6) is 0 Å². The summed E-state index contributed by atoms with van der Waals surface area (Å²) in [6, 6.07) is 8.95. The largest absolute Gasteiger partial charge is 0.380 e. The van der Waals surface area contributed by atoms with Crippen LogP contribution < -0.4 is 5.32 Å². The molecular weight excluding hydrogens is 282 g/mol. The van der Waals surface area contributed by atoms with Gasteiger partial charge in [-0.25, -0.2) is 4.68 Å². The van der Waals surface area contributed by atoms with Crippen molar-refractivity contribution < 1.29 is 9.53 Å². The molecule has 7 heteroatoms. The molecule has 1 aliphatic rings. The monoisotopic (exact) mass is 301 g/mol. The first kappa shape index (κ1) is 14.6. The normalized spacial score (nSPS) is 17.5. The van der Waals surface area contributed by atoms with Crippen LogP contribution >= 0.6 is 0 Å². The van der Waals surface area contributed by atoms with Crippen LogP contribution in [-0.4, -0.2) is 45.9 Å². The molecule has 0 saturated carbocycles. The van der Waals surface area contributed by atoms with Gasteiger partial charge in [0.2, 0.25) is 5.91 Å². The Morgan fingerprint density at radius 1 is 1.41 bits per heavy atom. The van der Waals surface area contributed by atoms with Gasteiger partial charge in [-0.1, -0.05) is 37.3 Å². The number of hydrogen-bond acceptors (Lipinski definition) is 5. The summed E-state index contributed by atoms with van der Waals surface area (Å²) < 4.78 is 6.76. The summed E-state index contributed by atoms with van der Waals surface area (Å²) >= 11 is 0. The maximum Gasteiger partial charge on any atom is 0.249 e. The molecule has 7 nitrogen and oxygen atoms in total. The molecular formula is C15H19N5O2. The summed E-state index contributed by atoms with van der Waals surface area (Å²) in [5.41, 5.74) is 0.873. The number of aryl methyl sites for hydroxylation is 1. The fourth-order valence-corrected chi connectivity index (χ4v) is 2.47. The van der Waals surface area contributed by atoms with Gasteiger partial charge in [-0.05, 0) is 22.9 Å². The summed E-state index contributed by atoms with van der Waals surface area (Å²) in [7, 11) is 0. The zero-order chi connectivity index (χ0) is 15.6. The second-order valence-corrected chi connectivity index (χ2v) is 6.01. The highest BCUT2D eigenvalue weighted by atomic mass is 16.5. The van der Waals surface area contributed by atoms with Crippen molar-refractivity contribution in [1.29, 1.82) is 0 Å². The maximum atomic E-state index is 12.7. The van der Waals surface area contributed by atoms with Crippen molar-refractivity contribution in [3.05, 3.63) is 41.7 Å². The molecule has 1 aromatic heterocycles. The molecule has 0 spiro atoms. The highest BCUT2D eigenvalue weighted by Gasteiger charge is 2.35. The standard InChI is InChI=1S/C15H19N5O2/c1-11-17-18-19-20(11)13(12-6-4-3-5-7-12)14(21)16-8-15(2)9-22-10-15/h3-7,13H,8-10H2,1-2H3,(H,16,21)/t13-/m0/s1. The van der Waals surface area contributed by atoms with Gasteiger partial charge in [0.05, 0.1) is 13.2 Å². The number of benzene rings is 1. The number of ether oxygens (including phenoxy) is 1. The Labute approximate surface area is 128 Å². The Balaban J connectivity index is 1.82. The first-order valence-electron chi connectivity index (χ1n) is 7.24. The molecule has 1 aliphatic heterocycles. The van der Waals surface area contributed by atoms with Gasteiger partial charge in [-0.2, -0.15) is 0 Å². The molecule has 0 bridgehead atoms. The predicted molar refractivity (Wildman–Crippen MR) is 79.1 cm³/mol. The van der Waals surface area contributed by atoms with E-state index in [1.54, 1.807) is 11.6 Å². The van der Waals surface area contributed by atoms with E-state index in [0.717, 1.165) is 5.56 Å². The third-order valence-corrected chi connectivity index (χ3v) is 3.86. The van der Waals surface area contributed by atoms with Gasteiger partial charge < -0.3 is 10.1 Å². The van der Waals surface area contributed by atoms with Gasteiger partial charge in [-0.15, -0.1) is 5.10 Å². The van der Waals surface area contributed by atoms with Crippen LogP contribution in [0.1, 0.15) is 24.4 Å². The fraction of sp³-hybridized carbons (Fsp3) is 0.467. The number of nitrogens with zero attached hydrogens (tertiary/aromatic N) is 4. The van der Waals surface area contributed by atoms with Crippen molar-refractivity contribution in [2.45, 2.75) is 19.9 Å². The molecule has 1 atom stereocenters. The lowest BCUT2D eigenvalue weighted by Gasteiger charge is -2.38. The van der Waals surface area contributed by atoms with Gasteiger partial charge in [0, 0.05) is 12.0 Å². The minimum absolute atomic E-state index is 0.0204. The lowest BCUT2D eigenvalue weighted by atomic mass is 9.88. The summed E-state index contributed by atoms with van der Waals surface area (Å²) in [5.74, 6) is 0.483. The topological polar surface area (TPSA) is 81.9 Å². The Hall–Kier alpha value is -2.28. The second-order valence-electron chi connectivity index (χ2n) is 6.01.